The van der Waals surface area contributed by atoms with Crippen molar-refractivity contribution in [1.82, 2.24) is 0 Å². The Morgan fingerprint density at radius 3 is 2.69 bits per heavy atom. The van der Waals surface area contributed by atoms with Crippen molar-refractivity contribution in [2.24, 2.45) is 0 Å². The van der Waals surface area contributed by atoms with E-state index in [0.717, 1.165) is 12.8 Å². The maximum atomic E-state index is 10.7. The van der Waals surface area contributed by atoms with Crippen molar-refractivity contribution >= 4 is 5.97 Å². The van der Waals surface area contributed by atoms with Crippen molar-refractivity contribution in [2.45, 2.75) is 39.2 Å². The summed E-state index contributed by atoms with van der Waals surface area (Å²) in [5, 5.41) is 8.50. The maximum Gasteiger partial charge on any atom is 0.302 e. The van der Waals surface area contributed by atoms with Gasteiger partial charge in [0.1, 0.15) is 6.10 Å². The highest BCUT2D eigenvalue weighted by Gasteiger charge is 2.08. The van der Waals surface area contributed by atoms with Crippen LogP contribution >= 0.6 is 0 Å². The predicted octanol–water partition coefficient (Wildman–Crippen LogP) is 1.66. The lowest BCUT2D eigenvalue weighted by atomic mass is 10.1. The van der Waals surface area contributed by atoms with Crippen molar-refractivity contribution in [2.75, 3.05) is 6.61 Å². The Labute approximate surface area is 79.4 Å². The van der Waals surface area contributed by atoms with E-state index in [-0.39, 0.29) is 18.7 Å². The molecule has 0 aromatic carbocycles. The minimum atomic E-state index is -0.240. The molecule has 0 aliphatic carbocycles. The number of ether oxygens (including phenoxy) is 1. The summed E-state index contributed by atoms with van der Waals surface area (Å²) >= 11 is 0. The second kappa shape index (κ2) is 7.80. The van der Waals surface area contributed by atoms with Crippen LogP contribution < -0.4 is 0 Å². The Hall–Kier alpha value is -0.830. The van der Waals surface area contributed by atoms with Crippen LogP contribution in [0.5, 0.6) is 0 Å². The quantitative estimate of drug-likeness (QED) is 0.507. The average molecular weight is 186 g/mol. The Bertz CT molecular complexity index is 164. The molecule has 0 radical (unpaired) electrons. The van der Waals surface area contributed by atoms with Gasteiger partial charge >= 0.3 is 5.97 Å². The van der Waals surface area contributed by atoms with Crippen molar-refractivity contribution < 1.29 is 14.6 Å². The van der Waals surface area contributed by atoms with Gasteiger partial charge in [-0.15, -0.1) is 0 Å². The van der Waals surface area contributed by atoms with Crippen LogP contribution in [0.2, 0.25) is 0 Å². The summed E-state index contributed by atoms with van der Waals surface area (Å²) in [6, 6.07) is 0. The fourth-order valence-corrected chi connectivity index (χ4v) is 1.10. The smallest absolute Gasteiger partial charge is 0.302 e. The van der Waals surface area contributed by atoms with Crippen LogP contribution in [-0.4, -0.2) is 23.8 Å². The lowest BCUT2D eigenvalue weighted by Gasteiger charge is -2.13. The van der Waals surface area contributed by atoms with Crippen LogP contribution in [0.15, 0.2) is 12.2 Å². The second-order valence-electron chi connectivity index (χ2n) is 2.91. The highest BCUT2D eigenvalue weighted by Crippen LogP contribution is 2.07. The van der Waals surface area contributed by atoms with E-state index in [2.05, 4.69) is 0 Å². The molecule has 76 valence electrons. The minimum Gasteiger partial charge on any atom is -0.462 e. The number of carbonyl (C=O) groups is 1. The predicted molar refractivity (Wildman–Crippen MR) is 51.3 cm³/mol. The van der Waals surface area contributed by atoms with Crippen LogP contribution in [0.4, 0.5) is 0 Å². The summed E-state index contributed by atoms with van der Waals surface area (Å²) in [5.74, 6) is -0.240. The molecule has 0 aliphatic heterocycles. The number of hydrogen-bond donors (Lipinski definition) is 1. The molecule has 1 atom stereocenters. The van der Waals surface area contributed by atoms with Gasteiger partial charge < -0.3 is 9.84 Å². The highest BCUT2D eigenvalue weighted by atomic mass is 16.5. The number of aliphatic hydroxyl groups is 1. The van der Waals surface area contributed by atoms with E-state index >= 15 is 0 Å². The van der Waals surface area contributed by atoms with Gasteiger partial charge in [0.25, 0.3) is 0 Å². The van der Waals surface area contributed by atoms with Crippen LogP contribution in [0.1, 0.15) is 33.1 Å². The van der Waals surface area contributed by atoms with Crippen molar-refractivity contribution in [3.8, 4) is 0 Å². The molecule has 0 saturated heterocycles. The monoisotopic (exact) mass is 186 g/mol. The molecule has 3 heteroatoms. The van der Waals surface area contributed by atoms with E-state index < -0.39 is 0 Å². The van der Waals surface area contributed by atoms with Gasteiger partial charge in [-0.2, -0.15) is 0 Å². The molecule has 0 fully saturated rings. The molecule has 0 saturated carbocycles. The van der Waals surface area contributed by atoms with Crippen molar-refractivity contribution in [3.63, 3.8) is 0 Å². The summed E-state index contributed by atoms with van der Waals surface area (Å²) in [6.07, 6.45) is 6.01. The lowest BCUT2D eigenvalue weighted by molar-refractivity contribution is -0.146. The number of carbonyl (C=O) groups excluding carboxylic acids is 1. The SMILES string of the molecule is CCC[C@H](C/C=C/CO)OC(C)=O. The molecule has 0 bridgehead atoms. The summed E-state index contributed by atoms with van der Waals surface area (Å²) in [6.45, 7) is 3.50. The standard InChI is InChI=1S/C10H18O3/c1-3-6-10(13-9(2)12)7-4-5-8-11/h4-5,10-11H,3,6-8H2,1-2H3/b5-4+/t10-/m1/s1. The molecule has 0 heterocycles. The molecular formula is C10H18O3. The normalized spacial score (nSPS) is 13.2. The first-order valence-corrected chi connectivity index (χ1v) is 4.63. The Morgan fingerprint density at radius 1 is 1.54 bits per heavy atom. The molecule has 0 rings (SSSR count). The van der Waals surface area contributed by atoms with E-state index in [0.29, 0.717) is 6.42 Å². The maximum absolute atomic E-state index is 10.7. The van der Waals surface area contributed by atoms with Gasteiger partial charge in [0.15, 0.2) is 0 Å². The Kier molecular flexibility index (Phi) is 7.30. The molecule has 0 aromatic rings. The number of esters is 1. The number of aliphatic hydroxyl groups excluding tert-OH is 1. The zero-order valence-corrected chi connectivity index (χ0v) is 8.32. The topological polar surface area (TPSA) is 46.5 Å². The van der Waals surface area contributed by atoms with Crippen LogP contribution in [0.25, 0.3) is 0 Å². The van der Waals surface area contributed by atoms with Crippen molar-refractivity contribution in [1.29, 1.82) is 0 Å². The van der Waals surface area contributed by atoms with Gasteiger partial charge in [-0.3, -0.25) is 4.79 Å². The highest BCUT2D eigenvalue weighted by molar-refractivity contribution is 5.66. The van der Waals surface area contributed by atoms with Gasteiger partial charge in [0.2, 0.25) is 0 Å². The lowest BCUT2D eigenvalue weighted by Crippen LogP contribution is -2.15. The van der Waals surface area contributed by atoms with Crippen LogP contribution in [0, 0.1) is 0 Å². The first-order valence-electron chi connectivity index (χ1n) is 4.63. The molecular weight excluding hydrogens is 168 g/mol. The molecule has 0 unspecified atom stereocenters. The third kappa shape index (κ3) is 7.53. The third-order valence-corrected chi connectivity index (χ3v) is 1.61. The largest absolute Gasteiger partial charge is 0.462 e. The molecule has 3 nitrogen and oxygen atoms in total. The van der Waals surface area contributed by atoms with Gasteiger partial charge in [-0.25, -0.2) is 0 Å². The molecule has 0 spiro atoms. The first-order chi connectivity index (χ1) is 6.20. The summed E-state index contributed by atoms with van der Waals surface area (Å²) in [5.41, 5.74) is 0. The molecule has 1 N–H and O–H groups in total. The molecule has 0 aliphatic rings. The molecule has 0 aromatic heterocycles. The van der Waals surface area contributed by atoms with E-state index in [1.165, 1.54) is 6.92 Å². The third-order valence-electron chi connectivity index (χ3n) is 1.61. The summed E-state index contributed by atoms with van der Waals surface area (Å²) in [4.78, 5) is 10.7. The summed E-state index contributed by atoms with van der Waals surface area (Å²) in [7, 11) is 0. The van der Waals surface area contributed by atoms with Gasteiger partial charge in [0, 0.05) is 13.3 Å². The van der Waals surface area contributed by atoms with E-state index in [1.807, 2.05) is 13.0 Å². The zero-order chi connectivity index (χ0) is 10.1. The van der Waals surface area contributed by atoms with Crippen molar-refractivity contribution in [3.05, 3.63) is 12.2 Å². The van der Waals surface area contributed by atoms with E-state index in [1.54, 1.807) is 6.08 Å². The Balaban J connectivity index is 3.79. The second-order valence-corrected chi connectivity index (χ2v) is 2.91. The van der Waals surface area contributed by atoms with Crippen LogP contribution in [-0.2, 0) is 9.53 Å². The molecule has 13 heavy (non-hydrogen) atoms. The Morgan fingerprint density at radius 2 is 2.23 bits per heavy atom. The summed E-state index contributed by atoms with van der Waals surface area (Å²) < 4.78 is 5.07. The fraction of sp³-hybridized carbons (Fsp3) is 0.700. The van der Waals surface area contributed by atoms with Gasteiger partial charge in [0.05, 0.1) is 6.61 Å². The average Bonchev–Trinajstić information content (AvgIpc) is 2.04. The molecule has 0 amide bonds. The van der Waals surface area contributed by atoms with Gasteiger partial charge in [-0.1, -0.05) is 25.5 Å². The minimum absolute atomic E-state index is 0.0368. The number of rotatable bonds is 6. The zero-order valence-electron chi connectivity index (χ0n) is 8.32. The first kappa shape index (κ1) is 12.2. The van der Waals surface area contributed by atoms with Gasteiger partial charge in [-0.05, 0) is 6.42 Å². The fourth-order valence-electron chi connectivity index (χ4n) is 1.10. The van der Waals surface area contributed by atoms with E-state index in [9.17, 15) is 4.79 Å². The number of hydrogen-bond acceptors (Lipinski definition) is 3. The van der Waals surface area contributed by atoms with Crippen LogP contribution in [0.3, 0.4) is 0 Å². The van der Waals surface area contributed by atoms with E-state index in [4.69, 9.17) is 9.84 Å².